The van der Waals surface area contributed by atoms with Gasteiger partial charge in [-0.15, -0.1) is 11.3 Å². The Kier molecular flexibility index (Phi) is 5.33. The first-order valence-electron chi connectivity index (χ1n) is 6.74. The van der Waals surface area contributed by atoms with Gasteiger partial charge in [-0.25, -0.2) is 4.98 Å². The zero-order chi connectivity index (χ0) is 13.0. The van der Waals surface area contributed by atoms with Crippen LogP contribution in [0, 0.1) is 0 Å². The molecule has 0 aliphatic carbocycles. The number of anilines is 1. The lowest BCUT2D eigenvalue weighted by Gasteiger charge is -2.19. The molecule has 0 spiro atoms. The Labute approximate surface area is 118 Å². The molecule has 1 saturated heterocycles. The van der Waals surface area contributed by atoms with Gasteiger partial charge in [-0.05, 0) is 31.9 Å². The number of rotatable bonds is 4. The molecule has 1 aliphatic rings. The fraction of sp³-hybridized carbons (Fsp3) is 0.769. The summed E-state index contributed by atoms with van der Waals surface area (Å²) in [6.45, 7) is 5.08. The third kappa shape index (κ3) is 3.19. The molecule has 1 aliphatic heterocycles. The van der Waals surface area contributed by atoms with Gasteiger partial charge in [0.2, 0.25) is 0 Å². The van der Waals surface area contributed by atoms with Crippen LogP contribution in [-0.2, 0) is 13.0 Å². The lowest BCUT2D eigenvalue weighted by molar-refractivity contribution is 0.745. The summed E-state index contributed by atoms with van der Waals surface area (Å²) in [7, 11) is 0. The number of hydrogen-bond acceptors (Lipinski definition) is 5. The Morgan fingerprint density at radius 3 is 2.89 bits per heavy atom. The fourth-order valence-electron chi connectivity index (χ4n) is 2.43. The molecule has 1 unspecified atom stereocenters. The molecular formula is C13H23N3S2. The highest BCUT2D eigenvalue weighted by Gasteiger charge is 2.19. The van der Waals surface area contributed by atoms with Crippen LogP contribution in [0.5, 0.6) is 0 Å². The van der Waals surface area contributed by atoms with Gasteiger partial charge in [0.15, 0.2) is 5.13 Å². The first kappa shape index (κ1) is 14.2. The maximum atomic E-state index is 5.79. The first-order valence-corrected chi connectivity index (χ1v) is 8.85. The van der Waals surface area contributed by atoms with Crippen molar-refractivity contribution in [1.82, 2.24) is 4.98 Å². The molecule has 0 amide bonds. The molecule has 0 radical (unpaired) electrons. The molecule has 1 atom stereocenters. The van der Waals surface area contributed by atoms with Gasteiger partial charge in [-0.2, -0.15) is 11.8 Å². The SMILES string of the molecule is CCc1nc(N2CCCC(SC)CC2)sc1CN. The summed E-state index contributed by atoms with van der Waals surface area (Å²) in [5.41, 5.74) is 6.99. The highest BCUT2D eigenvalue weighted by molar-refractivity contribution is 7.99. The third-order valence-corrected chi connectivity index (χ3v) is 5.89. The second kappa shape index (κ2) is 6.78. The summed E-state index contributed by atoms with van der Waals surface area (Å²) in [6.07, 6.45) is 7.12. The van der Waals surface area contributed by atoms with Gasteiger partial charge in [0.25, 0.3) is 0 Å². The van der Waals surface area contributed by atoms with E-state index >= 15 is 0 Å². The summed E-state index contributed by atoms with van der Waals surface area (Å²) in [5.74, 6) is 0. The standard InChI is InChI=1S/C13H23N3S2/c1-3-11-12(9-14)18-13(15-11)16-7-4-5-10(17-2)6-8-16/h10H,3-9,14H2,1-2H3. The zero-order valence-corrected chi connectivity index (χ0v) is 12.9. The van der Waals surface area contributed by atoms with Gasteiger partial charge < -0.3 is 10.6 Å². The number of hydrogen-bond donors (Lipinski definition) is 1. The summed E-state index contributed by atoms with van der Waals surface area (Å²) in [6, 6.07) is 0. The molecule has 2 heterocycles. The van der Waals surface area contributed by atoms with Crippen LogP contribution in [0.2, 0.25) is 0 Å². The van der Waals surface area contributed by atoms with Gasteiger partial charge in [0, 0.05) is 29.8 Å². The van der Waals surface area contributed by atoms with E-state index in [4.69, 9.17) is 10.7 Å². The van der Waals surface area contributed by atoms with Crippen molar-refractivity contribution in [1.29, 1.82) is 0 Å². The van der Waals surface area contributed by atoms with E-state index in [9.17, 15) is 0 Å². The summed E-state index contributed by atoms with van der Waals surface area (Å²) in [5, 5.41) is 2.02. The Morgan fingerprint density at radius 2 is 2.28 bits per heavy atom. The fourth-order valence-corrected chi connectivity index (χ4v) is 4.26. The topological polar surface area (TPSA) is 42.2 Å². The van der Waals surface area contributed by atoms with E-state index in [0.717, 1.165) is 24.8 Å². The largest absolute Gasteiger partial charge is 0.348 e. The molecule has 102 valence electrons. The van der Waals surface area contributed by atoms with Crippen LogP contribution in [0.3, 0.4) is 0 Å². The zero-order valence-electron chi connectivity index (χ0n) is 11.3. The third-order valence-electron chi connectivity index (χ3n) is 3.57. The van der Waals surface area contributed by atoms with Crippen molar-refractivity contribution in [3.63, 3.8) is 0 Å². The van der Waals surface area contributed by atoms with Crippen molar-refractivity contribution >= 4 is 28.2 Å². The molecule has 3 nitrogen and oxygen atoms in total. The molecule has 1 fully saturated rings. The van der Waals surface area contributed by atoms with Crippen molar-refractivity contribution in [2.75, 3.05) is 24.2 Å². The monoisotopic (exact) mass is 285 g/mol. The molecule has 0 bridgehead atoms. The van der Waals surface area contributed by atoms with E-state index in [1.165, 1.54) is 35.0 Å². The smallest absolute Gasteiger partial charge is 0.185 e. The highest BCUT2D eigenvalue weighted by atomic mass is 32.2. The second-order valence-corrected chi connectivity index (χ2v) is 6.90. The molecule has 0 saturated carbocycles. The van der Waals surface area contributed by atoms with E-state index in [1.807, 2.05) is 11.8 Å². The van der Waals surface area contributed by atoms with Crippen molar-refractivity contribution in [2.24, 2.45) is 5.73 Å². The Hall–Kier alpha value is -0.260. The molecule has 2 rings (SSSR count). The van der Waals surface area contributed by atoms with Crippen molar-refractivity contribution < 1.29 is 0 Å². The van der Waals surface area contributed by atoms with Crippen LogP contribution in [0.1, 0.15) is 36.8 Å². The summed E-state index contributed by atoms with van der Waals surface area (Å²) >= 11 is 3.80. The number of thioether (sulfide) groups is 1. The quantitative estimate of drug-likeness (QED) is 0.923. The van der Waals surface area contributed by atoms with Crippen LogP contribution in [0.25, 0.3) is 0 Å². The molecule has 2 N–H and O–H groups in total. The van der Waals surface area contributed by atoms with Gasteiger partial charge in [0.1, 0.15) is 0 Å². The molecule has 1 aromatic heterocycles. The number of nitrogens with two attached hydrogens (primary N) is 1. The lowest BCUT2D eigenvalue weighted by atomic mass is 10.2. The van der Waals surface area contributed by atoms with Gasteiger partial charge in [0.05, 0.1) is 5.69 Å². The second-order valence-electron chi connectivity index (χ2n) is 4.70. The predicted octanol–water partition coefficient (Wildman–Crippen LogP) is 2.89. The lowest BCUT2D eigenvalue weighted by Crippen LogP contribution is -2.24. The van der Waals surface area contributed by atoms with E-state index < -0.39 is 0 Å². The van der Waals surface area contributed by atoms with Crippen LogP contribution in [0.4, 0.5) is 5.13 Å². The minimum atomic E-state index is 0.627. The predicted molar refractivity (Wildman–Crippen MR) is 82.8 cm³/mol. The van der Waals surface area contributed by atoms with Crippen molar-refractivity contribution in [3.05, 3.63) is 10.6 Å². The van der Waals surface area contributed by atoms with Crippen LogP contribution in [-0.4, -0.2) is 29.6 Å². The molecule has 1 aromatic rings. The van der Waals surface area contributed by atoms with Gasteiger partial charge in [-0.1, -0.05) is 6.92 Å². The Morgan fingerprint density at radius 1 is 1.44 bits per heavy atom. The van der Waals surface area contributed by atoms with E-state index in [-0.39, 0.29) is 0 Å². The van der Waals surface area contributed by atoms with Crippen LogP contribution >= 0.6 is 23.1 Å². The van der Waals surface area contributed by atoms with Crippen molar-refractivity contribution in [3.8, 4) is 0 Å². The Balaban J connectivity index is 2.08. The molecular weight excluding hydrogens is 262 g/mol. The van der Waals surface area contributed by atoms with Crippen LogP contribution < -0.4 is 10.6 Å². The molecule has 18 heavy (non-hydrogen) atoms. The maximum absolute atomic E-state index is 5.79. The molecule has 0 aromatic carbocycles. The number of nitrogens with zero attached hydrogens (tertiary/aromatic N) is 2. The average molecular weight is 285 g/mol. The summed E-state index contributed by atoms with van der Waals surface area (Å²) in [4.78, 5) is 8.49. The number of aromatic nitrogens is 1. The average Bonchev–Trinajstić information content (AvgIpc) is 2.68. The Bertz CT molecular complexity index is 357. The first-order chi connectivity index (χ1) is 8.78. The van der Waals surface area contributed by atoms with Gasteiger partial charge in [-0.3, -0.25) is 0 Å². The van der Waals surface area contributed by atoms with E-state index in [0.29, 0.717) is 6.54 Å². The maximum Gasteiger partial charge on any atom is 0.185 e. The van der Waals surface area contributed by atoms with E-state index in [1.54, 1.807) is 11.3 Å². The number of aryl methyl sites for hydroxylation is 1. The number of thiazole rings is 1. The molecule has 5 heteroatoms. The summed E-state index contributed by atoms with van der Waals surface area (Å²) < 4.78 is 0. The van der Waals surface area contributed by atoms with Gasteiger partial charge >= 0.3 is 0 Å². The highest BCUT2D eigenvalue weighted by Crippen LogP contribution is 2.30. The normalized spacial score (nSPS) is 21.1. The minimum absolute atomic E-state index is 0.627. The van der Waals surface area contributed by atoms with Crippen LogP contribution in [0.15, 0.2) is 0 Å². The van der Waals surface area contributed by atoms with E-state index in [2.05, 4.69) is 18.1 Å². The van der Waals surface area contributed by atoms with Crippen molar-refractivity contribution in [2.45, 2.75) is 44.4 Å². The minimum Gasteiger partial charge on any atom is -0.348 e.